The molecule has 0 bridgehead atoms. The number of nitrogens with one attached hydrogen (secondary N) is 1. The van der Waals surface area contributed by atoms with Crippen molar-refractivity contribution >= 4 is 5.91 Å². The van der Waals surface area contributed by atoms with E-state index in [1.807, 2.05) is 61.5 Å². The van der Waals surface area contributed by atoms with Crippen LogP contribution in [0.5, 0.6) is 11.5 Å². The molecule has 0 aliphatic heterocycles. The molecule has 2 unspecified atom stereocenters. The summed E-state index contributed by atoms with van der Waals surface area (Å²) in [5.74, 6) is 1.21. The zero-order valence-electron chi connectivity index (χ0n) is 18.4. The molecule has 1 heterocycles. The lowest BCUT2D eigenvalue weighted by atomic mass is 10.0. The molecule has 0 saturated carbocycles. The van der Waals surface area contributed by atoms with Crippen molar-refractivity contribution in [2.45, 2.75) is 32.4 Å². The molecule has 7 nitrogen and oxygen atoms in total. The fraction of sp³-hybridized carbons (Fsp3) is 0.200. The van der Waals surface area contributed by atoms with Crippen LogP contribution in [0.1, 0.15) is 36.0 Å². The predicted molar refractivity (Wildman–Crippen MR) is 121 cm³/mol. The second-order valence-corrected chi connectivity index (χ2v) is 7.70. The quantitative estimate of drug-likeness (QED) is 0.430. The Labute approximate surface area is 191 Å². The first-order valence-electron chi connectivity index (χ1n) is 10.6. The fourth-order valence-electron chi connectivity index (χ4n) is 3.64. The van der Waals surface area contributed by atoms with Crippen LogP contribution < -0.4 is 10.1 Å². The molecule has 1 amide bonds. The number of carbonyl (C=O) groups is 1. The Morgan fingerprint density at radius 3 is 2.55 bits per heavy atom. The Bertz CT molecular complexity index is 1230. The van der Waals surface area contributed by atoms with Crippen LogP contribution >= 0.6 is 0 Å². The van der Waals surface area contributed by atoms with Crippen molar-refractivity contribution in [3.8, 4) is 11.5 Å². The third-order valence-corrected chi connectivity index (χ3v) is 5.29. The number of ether oxygens (including phenoxy) is 1. The fourth-order valence-corrected chi connectivity index (χ4v) is 3.64. The summed E-state index contributed by atoms with van der Waals surface area (Å²) in [6.45, 7) is 3.61. The first kappa shape index (κ1) is 22.1. The molecule has 4 rings (SSSR count). The molecule has 0 aliphatic carbocycles. The number of carbonyl (C=O) groups excluding carboxylic acids is 1. The number of hydrogen-bond acceptors (Lipinski definition) is 5. The van der Waals surface area contributed by atoms with E-state index in [1.165, 1.54) is 16.8 Å². The van der Waals surface area contributed by atoms with E-state index < -0.39 is 6.04 Å². The smallest absolute Gasteiger partial charge is 0.245 e. The average Bonchev–Trinajstić information content (AvgIpc) is 3.24. The molecule has 0 fully saturated rings. The van der Waals surface area contributed by atoms with Gasteiger partial charge in [0.05, 0.1) is 6.04 Å². The minimum atomic E-state index is -0.744. The van der Waals surface area contributed by atoms with Gasteiger partial charge in [-0.25, -0.2) is 9.07 Å². The van der Waals surface area contributed by atoms with Gasteiger partial charge in [0.1, 0.15) is 29.2 Å². The molecule has 3 aromatic carbocycles. The van der Waals surface area contributed by atoms with Crippen LogP contribution in [0, 0.1) is 12.7 Å². The van der Waals surface area contributed by atoms with E-state index in [9.17, 15) is 9.18 Å². The van der Waals surface area contributed by atoms with E-state index >= 15 is 0 Å². The van der Waals surface area contributed by atoms with Crippen LogP contribution in [-0.2, 0) is 11.2 Å². The van der Waals surface area contributed by atoms with E-state index in [0.717, 1.165) is 5.56 Å². The van der Waals surface area contributed by atoms with Gasteiger partial charge < -0.3 is 10.1 Å². The summed E-state index contributed by atoms with van der Waals surface area (Å²) in [6.07, 6.45) is 0.240. The highest BCUT2D eigenvalue weighted by Crippen LogP contribution is 2.30. The molecule has 8 heteroatoms. The monoisotopic (exact) mass is 445 g/mol. The Morgan fingerprint density at radius 1 is 1.06 bits per heavy atom. The summed E-state index contributed by atoms with van der Waals surface area (Å²) in [5, 5.41) is 14.6. The largest absolute Gasteiger partial charge is 0.457 e. The van der Waals surface area contributed by atoms with Gasteiger partial charge in [0.15, 0.2) is 0 Å². The third-order valence-electron chi connectivity index (χ3n) is 5.29. The Hall–Kier alpha value is -4.07. The van der Waals surface area contributed by atoms with Gasteiger partial charge in [-0.3, -0.25) is 4.79 Å². The second-order valence-electron chi connectivity index (χ2n) is 7.70. The average molecular weight is 445 g/mol. The highest BCUT2D eigenvalue weighted by Gasteiger charge is 2.26. The maximum absolute atomic E-state index is 13.7. The molecule has 0 radical (unpaired) electrons. The number of hydrogen-bond donors (Lipinski definition) is 1. The Balaban J connectivity index is 1.56. The molecule has 0 spiro atoms. The third kappa shape index (κ3) is 5.41. The van der Waals surface area contributed by atoms with Crippen LogP contribution in [0.15, 0.2) is 78.9 Å². The molecule has 1 N–H and O–H groups in total. The molecule has 33 heavy (non-hydrogen) atoms. The van der Waals surface area contributed by atoms with Gasteiger partial charge >= 0.3 is 0 Å². The number of nitrogens with zero attached hydrogens (tertiary/aromatic N) is 4. The summed E-state index contributed by atoms with van der Waals surface area (Å²) in [6, 6.07) is 22.1. The highest BCUT2D eigenvalue weighted by atomic mass is 19.1. The summed E-state index contributed by atoms with van der Waals surface area (Å²) in [7, 11) is 0. The van der Waals surface area contributed by atoms with E-state index in [-0.39, 0.29) is 24.2 Å². The molecular weight excluding hydrogens is 421 g/mol. The first-order chi connectivity index (χ1) is 16.0. The lowest BCUT2D eigenvalue weighted by Gasteiger charge is -2.22. The van der Waals surface area contributed by atoms with Gasteiger partial charge in [-0.2, -0.15) is 0 Å². The SMILES string of the molecule is Cc1nnnn1C(Cc1cccc(F)c1)C(=O)NC(C)c1ccccc1Oc1ccccc1. The van der Waals surface area contributed by atoms with Gasteiger partial charge in [0.2, 0.25) is 5.91 Å². The van der Waals surface area contributed by atoms with E-state index in [4.69, 9.17) is 4.74 Å². The van der Waals surface area contributed by atoms with Crippen molar-refractivity contribution in [1.29, 1.82) is 0 Å². The molecule has 1 aromatic heterocycles. The van der Waals surface area contributed by atoms with Crippen molar-refractivity contribution in [3.05, 3.63) is 102 Å². The number of aryl methyl sites for hydroxylation is 1. The number of tetrazole rings is 1. The summed E-state index contributed by atoms with van der Waals surface area (Å²) in [5.41, 5.74) is 1.50. The van der Waals surface area contributed by atoms with E-state index in [0.29, 0.717) is 22.9 Å². The number of amides is 1. The van der Waals surface area contributed by atoms with Gasteiger partial charge in [-0.05, 0) is 60.2 Å². The lowest BCUT2D eigenvalue weighted by Crippen LogP contribution is -2.36. The maximum Gasteiger partial charge on any atom is 0.245 e. The van der Waals surface area contributed by atoms with Crippen molar-refractivity contribution in [3.63, 3.8) is 0 Å². The Kier molecular flexibility index (Phi) is 6.73. The number of para-hydroxylation sites is 2. The summed E-state index contributed by atoms with van der Waals surface area (Å²) < 4.78 is 21.2. The van der Waals surface area contributed by atoms with Crippen molar-refractivity contribution in [1.82, 2.24) is 25.5 Å². The van der Waals surface area contributed by atoms with Gasteiger partial charge in [0.25, 0.3) is 0 Å². The van der Waals surface area contributed by atoms with Crippen molar-refractivity contribution < 1.29 is 13.9 Å². The molecule has 168 valence electrons. The predicted octanol–water partition coefficient (Wildman–Crippen LogP) is 4.57. The van der Waals surface area contributed by atoms with Crippen molar-refractivity contribution in [2.75, 3.05) is 0 Å². The van der Waals surface area contributed by atoms with Crippen molar-refractivity contribution in [2.24, 2.45) is 0 Å². The second kappa shape index (κ2) is 10.0. The first-order valence-corrected chi connectivity index (χ1v) is 10.6. The topological polar surface area (TPSA) is 81.9 Å². The van der Waals surface area contributed by atoms with Gasteiger partial charge in [0, 0.05) is 12.0 Å². The van der Waals surface area contributed by atoms with E-state index in [1.54, 1.807) is 19.1 Å². The van der Waals surface area contributed by atoms with Crippen LogP contribution in [0.2, 0.25) is 0 Å². The molecule has 2 atom stereocenters. The van der Waals surface area contributed by atoms with Crippen LogP contribution in [-0.4, -0.2) is 26.1 Å². The van der Waals surface area contributed by atoms with E-state index in [2.05, 4.69) is 20.8 Å². The number of rotatable bonds is 8. The maximum atomic E-state index is 13.7. The summed E-state index contributed by atoms with van der Waals surface area (Å²) in [4.78, 5) is 13.4. The molecular formula is C25H24FN5O2. The number of benzene rings is 3. The minimum Gasteiger partial charge on any atom is -0.457 e. The minimum absolute atomic E-state index is 0.240. The standard InChI is InChI=1S/C25H24FN5O2/c1-17(22-13-6-7-14-24(22)33-21-11-4-3-5-12-21)27-25(32)23(31-18(2)28-29-30-31)16-19-9-8-10-20(26)15-19/h3-15,17,23H,16H2,1-2H3,(H,27,32). The normalized spacial score (nSPS) is 12.7. The number of aromatic nitrogens is 4. The zero-order chi connectivity index (χ0) is 23.2. The lowest BCUT2D eigenvalue weighted by molar-refractivity contribution is -0.125. The van der Waals surface area contributed by atoms with Crippen LogP contribution in [0.25, 0.3) is 0 Å². The Morgan fingerprint density at radius 2 is 1.82 bits per heavy atom. The molecule has 0 aliphatic rings. The van der Waals surface area contributed by atoms with Gasteiger partial charge in [-0.1, -0.05) is 48.5 Å². The zero-order valence-corrected chi connectivity index (χ0v) is 18.4. The molecule has 4 aromatic rings. The number of halogens is 1. The summed E-state index contributed by atoms with van der Waals surface area (Å²) >= 11 is 0. The molecule has 0 saturated heterocycles. The van der Waals surface area contributed by atoms with Crippen LogP contribution in [0.3, 0.4) is 0 Å². The van der Waals surface area contributed by atoms with Gasteiger partial charge in [-0.15, -0.1) is 5.10 Å². The highest BCUT2D eigenvalue weighted by molar-refractivity contribution is 5.81. The van der Waals surface area contributed by atoms with Crippen LogP contribution in [0.4, 0.5) is 4.39 Å².